The Labute approximate surface area is 112 Å². The zero-order chi connectivity index (χ0) is 13.5. The zero-order valence-corrected chi connectivity index (χ0v) is 11.0. The summed E-state index contributed by atoms with van der Waals surface area (Å²) in [5, 5.41) is 12.6. The molecule has 0 atom stereocenters. The van der Waals surface area contributed by atoms with Crippen molar-refractivity contribution in [3.8, 4) is 0 Å². The number of rotatable bonds is 7. The number of aromatic amines is 1. The minimum absolute atomic E-state index is 0.0281. The molecule has 0 aliphatic heterocycles. The Bertz CT molecular complexity index is 534. The third-order valence-corrected chi connectivity index (χ3v) is 3.20. The highest BCUT2D eigenvalue weighted by Gasteiger charge is 2.10. The number of amides is 1. The summed E-state index contributed by atoms with van der Waals surface area (Å²) in [6, 6.07) is 7.78. The van der Waals surface area contributed by atoms with Crippen LogP contribution in [-0.4, -0.2) is 29.1 Å². The van der Waals surface area contributed by atoms with Crippen molar-refractivity contribution in [2.45, 2.75) is 25.7 Å². The first-order valence-electron chi connectivity index (χ1n) is 6.78. The lowest BCUT2D eigenvalue weighted by Crippen LogP contribution is -2.24. The Morgan fingerprint density at radius 1 is 1.16 bits per heavy atom. The Kier molecular flexibility index (Phi) is 4.98. The van der Waals surface area contributed by atoms with Gasteiger partial charge in [-0.3, -0.25) is 4.79 Å². The van der Waals surface area contributed by atoms with Crippen LogP contribution in [0.1, 0.15) is 36.0 Å². The van der Waals surface area contributed by atoms with Crippen molar-refractivity contribution < 1.29 is 9.90 Å². The molecule has 1 aromatic carbocycles. The van der Waals surface area contributed by atoms with Gasteiger partial charge in [-0.05, 0) is 18.9 Å². The summed E-state index contributed by atoms with van der Waals surface area (Å²) in [4.78, 5) is 15.1. The molecule has 0 aliphatic rings. The van der Waals surface area contributed by atoms with Crippen LogP contribution in [0.5, 0.6) is 0 Å². The lowest BCUT2D eigenvalue weighted by atomic mass is 10.1. The topological polar surface area (TPSA) is 65.1 Å². The molecule has 3 N–H and O–H groups in total. The number of aliphatic hydroxyl groups is 1. The Hall–Kier alpha value is -1.81. The van der Waals surface area contributed by atoms with Gasteiger partial charge in [-0.1, -0.05) is 31.0 Å². The van der Waals surface area contributed by atoms with Gasteiger partial charge in [-0.2, -0.15) is 0 Å². The van der Waals surface area contributed by atoms with E-state index in [9.17, 15) is 4.79 Å². The van der Waals surface area contributed by atoms with Crippen LogP contribution in [-0.2, 0) is 0 Å². The molecule has 4 nitrogen and oxygen atoms in total. The van der Waals surface area contributed by atoms with E-state index < -0.39 is 0 Å². The minimum atomic E-state index is -0.0281. The highest BCUT2D eigenvalue weighted by molar-refractivity contribution is 6.06. The lowest BCUT2D eigenvalue weighted by molar-refractivity contribution is 0.0954. The average Bonchev–Trinajstić information content (AvgIpc) is 2.86. The average molecular weight is 260 g/mol. The van der Waals surface area contributed by atoms with Crippen LogP contribution < -0.4 is 5.32 Å². The predicted octanol–water partition coefficient (Wildman–Crippen LogP) is 2.45. The third kappa shape index (κ3) is 3.58. The van der Waals surface area contributed by atoms with Gasteiger partial charge in [0.15, 0.2) is 0 Å². The zero-order valence-electron chi connectivity index (χ0n) is 11.0. The van der Waals surface area contributed by atoms with Crippen molar-refractivity contribution in [2.24, 2.45) is 0 Å². The van der Waals surface area contributed by atoms with E-state index in [4.69, 9.17) is 5.11 Å². The molecule has 0 unspecified atom stereocenters. The highest BCUT2D eigenvalue weighted by atomic mass is 16.2. The predicted molar refractivity (Wildman–Crippen MR) is 76.2 cm³/mol. The number of nitrogens with one attached hydrogen (secondary N) is 2. The minimum Gasteiger partial charge on any atom is -0.396 e. The number of aromatic nitrogens is 1. The van der Waals surface area contributed by atoms with Gasteiger partial charge in [0.1, 0.15) is 0 Å². The van der Waals surface area contributed by atoms with E-state index in [0.29, 0.717) is 12.1 Å². The standard InChI is InChI=1S/C15H20N2O2/c18-10-6-2-1-5-9-16-15(19)13-11-17-14-8-4-3-7-12(13)14/h3-4,7-8,11,17-18H,1-2,5-6,9-10H2,(H,16,19). The summed E-state index contributed by atoms with van der Waals surface area (Å²) in [6.07, 6.45) is 5.60. The fraction of sp³-hybridized carbons (Fsp3) is 0.400. The van der Waals surface area contributed by atoms with E-state index in [-0.39, 0.29) is 12.5 Å². The van der Waals surface area contributed by atoms with E-state index in [1.54, 1.807) is 6.20 Å². The maximum Gasteiger partial charge on any atom is 0.253 e. The Balaban J connectivity index is 1.83. The molecule has 0 saturated carbocycles. The third-order valence-electron chi connectivity index (χ3n) is 3.20. The van der Waals surface area contributed by atoms with Crippen LogP contribution in [0.25, 0.3) is 10.9 Å². The van der Waals surface area contributed by atoms with E-state index in [1.165, 1.54) is 0 Å². The molecule has 19 heavy (non-hydrogen) atoms. The second-order valence-corrected chi connectivity index (χ2v) is 4.64. The first-order chi connectivity index (χ1) is 9.33. The summed E-state index contributed by atoms with van der Waals surface area (Å²) < 4.78 is 0. The largest absolute Gasteiger partial charge is 0.396 e. The maximum absolute atomic E-state index is 12.0. The molecule has 0 spiro atoms. The van der Waals surface area contributed by atoms with Crippen molar-refractivity contribution in [1.82, 2.24) is 10.3 Å². The number of carbonyl (C=O) groups is 1. The molecule has 2 rings (SSSR count). The van der Waals surface area contributed by atoms with Crippen molar-refractivity contribution in [3.05, 3.63) is 36.0 Å². The Morgan fingerprint density at radius 3 is 2.79 bits per heavy atom. The van der Waals surface area contributed by atoms with Gasteiger partial charge in [0.2, 0.25) is 0 Å². The molecule has 102 valence electrons. The summed E-state index contributed by atoms with van der Waals surface area (Å²) in [7, 11) is 0. The van der Waals surface area contributed by atoms with Crippen LogP contribution in [0.15, 0.2) is 30.5 Å². The van der Waals surface area contributed by atoms with Crippen molar-refractivity contribution >= 4 is 16.8 Å². The Morgan fingerprint density at radius 2 is 1.95 bits per heavy atom. The number of hydrogen-bond acceptors (Lipinski definition) is 2. The second kappa shape index (κ2) is 6.95. The monoisotopic (exact) mass is 260 g/mol. The molecule has 0 radical (unpaired) electrons. The van der Waals surface area contributed by atoms with E-state index in [1.807, 2.05) is 24.3 Å². The molecule has 0 saturated heterocycles. The summed E-state index contributed by atoms with van der Waals surface area (Å²) in [5.74, 6) is -0.0281. The molecule has 0 aliphatic carbocycles. The van der Waals surface area contributed by atoms with Crippen LogP contribution in [0.3, 0.4) is 0 Å². The van der Waals surface area contributed by atoms with Gasteiger partial charge in [-0.25, -0.2) is 0 Å². The lowest BCUT2D eigenvalue weighted by Gasteiger charge is -2.04. The number of fused-ring (bicyclic) bond motifs is 1. The number of unbranched alkanes of at least 4 members (excludes halogenated alkanes) is 3. The molecule has 4 heteroatoms. The molecule has 0 bridgehead atoms. The normalized spacial score (nSPS) is 10.8. The molecular formula is C15H20N2O2. The number of H-pyrrole nitrogens is 1. The number of benzene rings is 1. The molecule has 0 fully saturated rings. The highest BCUT2D eigenvalue weighted by Crippen LogP contribution is 2.17. The van der Waals surface area contributed by atoms with Gasteiger partial charge >= 0.3 is 0 Å². The first kappa shape index (κ1) is 13.6. The summed E-state index contributed by atoms with van der Waals surface area (Å²) in [6.45, 7) is 0.936. The molecule has 1 amide bonds. The van der Waals surface area contributed by atoms with Crippen LogP contribution in [0.2, 0.25) is 0 Å². The smallest absolute Gasteiger partial charge is 0.253 e. The van der Waals surface area contributed by atoms with Gasteiger partial charge in [0.25, 0.3) is 5.91 Å². The summed E-state index contributed by atoms with van der Waals surface area (Å²) >= 11 is 0. The fourth-order valence-electron chi connectivity index (χ4n) is 2.15. The van der Waals surface area contributed by atoms with Crippen molar-refractivity contribution in [3.63, 3.8) is 0 Å². The van der Waals surface area contributed by atoms with Gasteiger partial charge in [0.05, 0.1) is 5.56 Å². The van der Waals surface area contributed by atoms with Gasteiger partial charge in [0, 0.05) is 30.3 Å². The molecular weight excluding hydrogens is 240 g/mol. The first-order valence-corrected chi connectivity index (χ1v) is 6.78. The van der Waals surface area contributed by atoms with E-state index in [2.05, 4.69) is 10.3 Å². The summed E-state index contributed by atoms with van der Waals surface area (Å²) in [5.41, 5.74) is 1.68. The second-order valence-electron chi connectivity index (χ2n) is 4.64. The number of carbonyl (C=O) groups excluding carboxylic acids is 1. The number of hydrogen-bond donors (Lipinski definition) is 3. The van der Waals surface area contributed by atoms with Gasteiger partial charge in [-0.15, -0.1) is 0 Å². The van der Waals surface area contributed by atoms with Crippen LogP contribution >= 0.6 is 0 Å². The maximum atomic E-state index is 12.0. The molecule has 1 aromatic heterocycles. The molecule has 2 aromatic rings. The quantitative estimate of drug-likeness (QED) is 0.669. The fourth-order valence-corrected chi connectivity index (χ4v) is 2.15. The number of para-hydroxylation sites is 1. The van der Waals surface area contributed by atoms with E-state index in [0.717, 1.165) is 36.6 Å². The van der Waals surface area contributed by atoms with Crippen molar-refractivity contribution in [1.29, 1.82) is 0 Å². The van der Waals surface area contributed by atoms with Crippen molar-refractivity contribution in [2.75, 3.05) is 13.2 Å². The van der Waals surface area contributed by atoms with E-state index >= 15 is 0 Å². The molecule has 1 heterocycles. The van der Waals surface area contributed by atoms with Gasteiger partial charge < -0.3 is 15.4 Å². The van der Waals surface area contributed by atoms with Crippen LogP contribution in [0.4, 0.5) is 0 Å². The number of aliphatic hydroxyl groups excluding tert-OH is 1. The SMILES string of the molecule is O=C(NCCCCCCO)c1c[nH]c2ccccc12. The van der Waals surface area contributed by atoms with Crippen LogP contribution in [0, 0.1) is 0 Å².